The number of hydrogen-bond acceptors (Lipinski definition) is 5. The number of nitrogens with zero attached hydrogens (tertiary/aromatic N) is 4. The number of thiazole rings is 1. The monoisotopic (exact) mass is 398 g/mol. The van der Waals surface area contributed by atoms with E-state index in [1.54, 1.807) is 11.3 Å². The van der Waals surface area contributed by atoms with Crippen LogP contribution in [-0.2, 0) is 13.1 Å². The number of hydrogen-bond donors (Lipinski definition) is 0. The number of thiophene rings is 1. The summed E-state index contributed by atoms with van der Waals surface area (Å²) in [6.07, 6.45) is 2.06. The largest absolute Gasteiger partial charge is 0.337 e. The summed E-state index contributed by atoms with van der Waals surface area (Å²) in [5.74, 6) is 0.126. The average molecular weight is 399 g/mol. The van der Waals surface area contributed by atoms with Crippen molar-refractivity contribution in [3.63, 3.8) is 0 Å². The third-order valence-electron chi connectivity index (χ3n) is 5.53. The SMILES string of the molecule is Cc1ccc(CN2C[C@H]3[C@H](C2)n2cccc2C(=O)N3Cc2csc(C)n2)s1. The molecule has 5 heterocycles. The highest BCUT2D eigenvalue weighted by Gasteiger charge is 2.45. The van der Waals surface area contributed by atoms with E-state index < -0.39 is 0 Å². The predicted molar refractivity (Wildman–Crippen MR) is 108 cm³/mol. The Morgan fingerprint density at radius 3 is 2.74 bits per heavy atom. The minimum absolute atomic E-state index is 0.126. The van der Waals surface area contributed by atoms with E-state index in [0.717, 1.165) is 36.0 Å². The minimum atomic E-state index is 0.126. The van der Waals surface area contributed by atoms with Gasteiger partial charge in [-0.15, -0.1) is 22.7 Å². The summed E-state index contributed by atoms with van der Waals surface area (Å²) in [6, 6.07) is 8.86. The summed E-state index contributed by atoms with van der Waals surface area (Å²) in [4.78, 5) is 25.0. The smallest absolute Gasteiger partial charge is 0.271 e. The van der Waals surface area contributed by atoms with Gasteiger partial charge in [-0.1, -0.05) is 0 Å². The second-order valence-electron chi connectivity index (χ2n) is 7.43. The van der Waals surface area contributed by atoms with Gasteiger partial charge >= 0.3 is 0 Å². The van der Waals surface area contributed by atoms with Crippen molar-refractivity contribution >= 4 is 28.6 Å². The fourth-order valence-electron chi connectivity index (χ4n) is 4.35. The number of aryl methyl sites for hydroxylation is 2. The van der Waals surface area contributed by atoms with Crippen LogP contribution in [0.5, 0.6) is 0 Å². The van der Waals surface area contributed by atoms with E-state index in [2.05, 4.69) is 45.1 Å². The van der Waals surface area contributed by atoms with Crippen LogP contribution < -0.4 is 0 Å². The lowest BCUT2D eigenvalue weighted by Gasteiger charge is -2.38. The maximum Gasteiger partial charge on any atom is 0.271 e. The Morgan fingerprint density at radius 1 is 1.15 bits per heavy atom. The molecular formula is C20H22N4OS2. The van der Waals surface area contributed by atoms with Crippen molar-refractivity contribution in [2.24, 2.45) is 0 Å². The highest BCUT2D eigenvalue weighted by atomic mass is 32.1. The molecule has 1 saturated heterocycles. The molecule has 2 aliphatic rings. The molecule has 0 saturated carbocycles. The lowest BCUT2D eigenvalue weighted by molar-refractivity contribution is 0.0554. The molecular weight excluding hydrogens is 376 g/mol. The number of aromatic nitrogens is 2. The molecule has 5 rings (SSSR count). The molecule has 5 nitrogen and oxygen atoms in total. The average Bonchev–Trinajstić information content (AvgIpc) is 3.39. The first kappa shape index (κ1) is 17.2. The summed E-state index contributed by atoms with van der Waals surface area (Å²) >= 11 is 3.51. The number of rotatable bonds is 4. The molecule has 0 aliphatic carbocycles. The standard InChI is InChI=1S/C20H22N4OS2/c1-13-5-6-16(27-13)9-22-10-18-19(11-22)24(8-15-12-26-14(2)21-15)20(25)17-4-3-7-23(17)18/h3-7,12,18-19H,8-11H2,1-2H3/t18-,19-/m0/s1. The van der Waals surface area contributed by atoms with E-state index in [1.165, 1.54) is 9.75 Å². The number of fused-ring (bicyclic) bond motifs is 3. The van der Waals surface area contributed by atoms with Crippen molar-refractivity contribution in [3.05, 3.63) is 62.0 Å². The third kappa shape index (κ3) is 3.03. The number of amides is 1. The Morgan fingerprint density at radius 2 is 2.00 bits per heavy atom. The zero-order valence-electron chi connectivity index (χ0n) is 15.5. The summed E-state index contributed by atoms with van der Waals surface area (Å²) < 4.78 is 2.19. The summed E-state index contributed by atoms with van der Waals surface area (Å²) in [7, 11) is 0. The molecule has 0 aromatic carbocycles. The number of carbonyl (C=O) groups is 1. The molecule has 0 bridgehead atoms. The molecule has 0 unspecified atom stereocenters. The van der Waals surface area contributed by atoms with Gasteiger partial charge in [0, 0.05) is 41.0 Å². The molecule has 7 heteroatoms. The molecule has 27 heavy (non-hydrogen) atoms. The van der Waals surface area contributed by atoms with E-state index in [4.69, 9.17) is 0 Å². The van der Waals surface area contributed by atoms with Gasteiger partial charge in [0.15, 0.2) is 0 Å². The van der Waals surface area contributed by atoms with Crippen LogP contribution >= 0.6 is 22.7 Å². The molecule has 2 atom stereocenters. The van der Waals surface area contributed by atoms with Crippen LogP contribution in [0.2, 0.25) is 0 Å². The lowest BCUT2D eigenvalue weighted by atomic mass is 10.1. The van der Waals surface area contributed by atoms with Crippen LogP contribution in [-0.4, -0.2) is 44.4 Å². The van der Waals surface area contributed by atoms with Crippen molar-refractivity contribution in [3.8, 4) is 0 Å². The van der Waals surface area contributed by atoms with Crippen LogP contribution in [0, 0.1) is 13.8 Å². The van der Waals surface area contributed by atoms with Gasteiger partial charge in [0.1, 0.15) is 5.69 Å². The van der Waals surface area contributed by atoms with E-state index in [-0.39, 0.29) is 11.9 Å². The Kier molecular flexibility index (Phi) is 4.18. The highest BCUT2D eigenvalue weighted by Crippen LogP contribution is 2.35. The van der Waals surface area contributed by atoms with Crippen molar-refractivity contribution in [1.29, 1.82) is 0 Å². The van der Waals surface area contributed by atoms with E-state index in [0.29, 0.717) is 12.6 Å². The fourth-order valence-corrected chi connectivity index (χ4v) is 5.89. The van der Waals surface area contributed by atoms with Crippen molar-refractivity contribution in [2.45, 2.75) is 39.0 Å². The third-order valence-corrected chi connectivity index (χ3v) is 7.33. The van der Waals surface area contributed by atoms with E-state index in [1.807, 2.05) is 35.3 Å². The van der Waals surface area contributed by atoms with Gasteiger partial charge in [-0.05, 0) is 38.1 Å². The highest BCUT2D eigenvalue weighted by molar-refractivity contribution is 7.11. The van der Waals surface area contributed by atoms with E-state index in [9.17, 15) is 4.79 Å². The maximum atomic E-state index is 13.2. The zero-order chi connectivity index (χ0) is 18.5. The van der Waals surface area contributed by atoms with Gasteiger partial charge in [-0.2, -0.15) is 0 Å². The van der Waals surface area contributed by atoms with Crippen LogP contribution in [0.4, 0.5) is 0 Å². The summed E-state index contributed by atoms with van der Waals surface area (Å²) in [6.45, 7) is 7.61. The van der Waals surface area contributed by atoms with Crippen LogP contribution in [0.25, 0.3) is 0 Å². The fraction of sp³-hybridized carbons (Fsp3) is 0.400. The molecule has 0 radical (unpaired) electrons. The lowest BCUT2D eigenvalue weighted by Crippen LogP contribution is -2.49. The molecule has 1 amide bonds. The molecule has 2 aliphatic heterocycles. The van der Waals surface area contributed by atoms with Crippen LogP contribution in [0.3, 0.4) is 0 Å². The number of likely N-dealkylation sites (tertiary alicyclic amines) is 1. The maximum absolute atomic E-state index is 13.2. The van der Waals surface area contributed by atoms with Gasteiger partial charge < -0.3 is 9.47 Å². The minimum Gasteiger partial charge on any atom is -0.337 e. The van der Waals surface area contributed by atoms with Gasteiger partial charge in [0.25, 0.3) is 5.91 Å². The first-order chi connectivity index (χ1) is 13.1. The van der Waals surface area contributed by atoms with Crippen LogP contribution in [0.15, 0.2) is 35.8 Å². The van der Waals surface area contributed by atoms with Crippen molar-refractivity contribution in [2.75, 3.05) is 13.1 Å². The molecule has 3 aromatic heterocycles. The Balaban J connectivity index is 1.43. The van der Waals surface area contributed by atoms with E-state index >= 15 is 0 Å². The Labute approximate surface area is 166 Å². The van der Waals surface area contributed by atoms with Gasteiger partial charge in [-0.3, -0.25) is 9.69 Å². The quantitative estimate of drug-likeness (QED) is 0.673. The summed E-state index contributed by atoms with van der Waals surface area (Å²) in [5.41, 5.74) is 1.80. The molecule has 0 spiro atoms. The predicted octanol–water partition coefficient (Wildman–Crippen LogP) is 3.70. The van der Waals surface area contributed by atoms with Gasteiger partial charge in [-0.25, -0.2) is 4.98 Å². The normalized spacial score (nSPS) is 22.3. The second-order valence-corrected chi connectivity index (χ2v) is 9.87. The van der Waals surface area contributed by atoms with Crippen molar-refractivity contribution < 1.29 is 4.79 Å². The first-order valence-electron chi connectivity index (χ1n) is 9.25. The van der Waals surface area contributed by atoms with Crippen LogP contribution in [0.1, 0.15) is 37.0 Å². The number of carbonyl (C=O) groups excluding carboxylic acids is 1. The molecule has 0 N–H and O–H groups in total. The van der Waals surface area contributed by atoms with Crippen molar-refractivity contribution in [1.82, 2.24) is 19.4 Å². The topological polar surface area (TPSA) is 41.4 Å². The first-order valence-corrected chi connectivity index (χ1v) is 10.9. The Bertz CT molecular complexity index is 988. The molecule has 1 fully saturated rings. The Hall–Kier alpha value is -1.96. The molecule has 3 aromatic rings. The summed E-state index contributed by atoms with van der Waals surface area (Å²) in [5, 5.41) is 3.13. The van der Waals surface area contributed by atoms with Gasteiger partial charge in [0.2, 0.25) is 0 Å². The second kappa shape index (κ2) is 6.58. The van der Waals surface area contributed by atoms with Gasteiger partial charge in [0.05, 0.1) is 29.3 Å². The molecule has 140 valence electrons. The zero-order valence-corrected chi connectivity index (χ0v) is 17.1.